The predicted molar refractivity (Wildman–Crippen MR) is 98.3 cm³/mol. The van der Waals surface area contributed by atoms with Crippen molar-refractivity contribution in [2.45, 2.75) is 6.61 Å². The standard InChI is InChI=1S/C18H12ClNO5S/c19-13-7-11(8-15-16(21)20-18(24)26-15)3-6-14(13)25-9-10-1-4-12(5-2-10)17(22)23/h1-8H,9H2,(H,22,23)(H,20,21,24)/b15-8+. The molecule has 0 unspecified atom stereocenters. The number of carboxylic acids is 1. The SMILES string of the molecule is O=C1NC(=O)/C(=C\c2ccc(OCc3ccc(C(=O)O)cc3)c(Cl)c2)S1. The van der Waals surface area contributed by atoms with E-state index in [0.717, 1.165) is 17.3 Å². The van der Waals surface area contributed by atoms with E-state index in [2.05, 4.69) is 5.32 Å². The molecule has 3 rings (SSSR count). The van der Waals surface area contributed by atoms with E-state index in [0.29, 0.717) is 21.2 Å². The first-order valence-corrected chi connectivity index (χ1v) is 8.61. The molecule has 1 heterocycles. The molecule has 2 amide bonds. The monoisotopic (exact) mass is 389 g/mol. The lowest BCUT2D eigenvalue weighted by Crippen LogP contribution is -2.17. The summed E-state index contributed by atoms with van der Waals surface area (Å²) in [6.45, 7) is 0.229. The second kappa shape index (κ2) is 7.63. The molecule has 2 N–H and O–H groups in total. The summed E-state index contributed by atoms with van der Waals surface area (Å²) in [6, 6.07) is 11.4. The Balaban J connectivity index is 1.68. The van der Waals surface area contributed by atoms with E-state index in [4.69, 9.17) is 21.4 Å². The van der Waals surface area contributed by atoms with E-state index in [1.807, 2.05) is 0 Å². The number of nitrogens with one attached hydrogen (secondary N) is 1. The van der Waals surface area contributed by atoms with Gasteiger partial charge in [0.05, 0.1) is 15.5 Å². The molecular formula is C18H12ClNO5S. The molecule has 2 aromatic carbocycles. The summed E-state index contributed by atoms with van der Waals surface area (Å²) < 4.78 is 5.65. The van der Waals surface area contributed by atoms with Crippen molar-refractivity contribution < 1.29 is 24.2 Å². The van der Waals surface area contributed by atoms with Crippen LogP contribution in [0, 0.1) is 0 Å². The van der Waals surface area contributed by atoms with E-state index in [-0.39, 0.29) is 12.2 Å². The summed E-state index contributed by atoms with van der Waals surface area (Å²) in [4.78, 5) is 33.9. The zero-order valence-electron chi connectivity index (χ0n) is 13.2. The molecule has 6 nitrogen and oxygen atoms in total. The van der Waals surface area contributed by atoms with Crippen molar-refractivity contribution in [2.24, 2.45) is 0 Å². The van der Waals surface area contributed by atoms with E-state index in [9.17, 15) is 14.4 Å². The molecule has 0 saturated carbocycles. The summed E-state index contributed by atoms with van der Waals surface area (Å²) in [5.41, 5.74) is 1.67. The first-order chi connectivity index (χ1) is 12.4. The van der Waals surface area contributed by atoms with Gasteiger partial charge in [-0.3, -0.25) is 14.9 Å². The molecule has 1 aliphatic heterocycles. The van der Waals surface area contributed by atoms with Crippen LogP contribution in [0.25, 0.3) is 6.08 Å². The Morgan fingerprint density at radius 3 is 2.50 bits per heavy atom. The summed E-state index contributed by atoms with van der Waals surface area (Å²) in [5.74, 6) is -0.960. The quantitative estimate of drug-likeness (QED) is 0.752. The third-order valence-electron chi connectivity index (χ3n) is 3.49. The van der Waals surface area contributed by atoms with E-state index >= 15 is 0 Å². The Kier molecular flexibility index (Phi) is 5.29. The molecule has 2 aromatic rings. The van der Waals surface area contributed by atoms with Crippen molar-refractivity contribution >= 4 is 46.6 Å². The van der Waals surface area contributed by atoms with Gasteiger partial charge in [-0.15, -0.1) is 0 Å². The van der Waals surface area contributed by atoms with Gasteiger partial charge in [-0.05, 0) is 53.2 Å². The van der Waals surface area contributed by atoms with E-state index in [1.54, 1.807) is 36.4 Å². The van der Waals surface area contributed by atoms with Gasteiger partial charge >= 0.3 is 5.97 Å². The third-order valence-corrected chi connectivity index (χ3v) is 4.60. The number of carboxylic acid groups (broad SMARTS) is 1. The minimum absolute atomic E-state index is 0.205. The number of halogens is 1. The van der Waals surface area contributed by atoms with Gasteiger partial charge in [0.25, 0.3) is 11.1 Å². The van der Waals surface area contributed by atoms with Crippen molar-refractivity contribution in [2.75, 3.05) is 0 Å². The molecule has 132 valence electrons. The highest BCUT2D eigenvalue weighted by Crippen LogP contribution is 2.30. The van der Waals surface area contributed by atoms with Gasteiger partial charge in [0.2, 0.25) is 0 Å². The van der Waals surface area contributed by atoms with Crippen LogP contribution >= 0.6 is 23.4 Å². The molecule has 26 heavy (non-hydrogen) atoms. The molecule has 1 aliphatic rings. The Bertz CT molecular complexity index is 924. The van der Waals surface area contributed by atoms with Crippen LogP contribution in [0.2, 0.25) is 5.02 Å². The second-order valence-electron chi connectivity index (χ2n) is 5.33. The summed E-state index contributed by atoms with van der Waals surface area (Å²) in [6.07, 6.45) is 1.57. The number of amides is 2. The van der Waals surface area contributed by atoms with Gasteiger partial charge in [-0.2, -0.15) is 0 Å². The second-order valence-corrected chi connectivity index (χ2v) is 6.75. The van der Waals surface area contributed by atoms with Crippen molar-refractivity contribution in [3.05, 3.63) is 69.1 Å². The number of aromatic carboxylic acids is 1. The molecule has 0 bridgehead atoms. The van der Waals surface area contributed by atoms with E-state index in [1.165, 1.54) is 12.1 Å². The minimum Gasteiger partial charge on any atom is -0.487 e. The fraction of sp³-hybridized carbons (Fsp3) is 0.0556. The fourth-order valence-electron chi connectivity index (χ4n) is 2.20. The molecular weight excluding hydrogens is 378 g/mol. The highest BCUT2D eigenvalue weighted by Gasteiger charge is 2.24. The van der Waals surface area contributed by atoms with Crippen molar-refractivity contribution in [1.82, 2.24) is 5.32 Å². The maximum atomic E-state index is 11.6. The Labute approximate surface area is 157 Å². The van der Waals surface area contributed by atoms with Crippen molar-refractivity contribution in [1.29, 1.82) is 0 Å². The highest BCUT2D eigenvalue weighted by atomic mass is 35.5. The molecule has 1 saturated heterocycles. The molecule has 0 aliphatic carbocycles. The van der Waals surface area contributed by atoms with Crippen LogP contribution in [0.5, 0.6) is 5.75 Å². The van der Waals surface area contributed by atoms with E-state index < -0.39 is 17.1 Å². The van der Waals surface area contributed by atoms with Crippen molar-refractivity contribution in [3.63, 3.8) is 0 Å². The Morgan fingerprint density at radius 2 is 1.92 bits per heavy atom. The van der Waals surface area contributed by atoms with Crippen LogP contribution < -0.4 is 10.1 Å². The number of rotatable bonds is 5. The highest BCUT2D eigenvalue weighted by molar-refractivity contribution is 8.18. The molecule has 0 atom stereocenters. The Morgan fingerprint density at radius 1 is 1.19 bits per heavy atom. The topological polar surface area (TPSA) is 92.7 Å². The molecule has 0 radical (unpaired) electrons. The minimum atomic E-state index is -0.985. The van der Waals surface area contributed by atoms with Gasteiger partial charge in [0.15, 0.2) is 0 Å². The number of hydrogen-bond donors (Lipinski definition) is 2. The van der Waals surface area contributed by atoms with Gasteiger partial charge in [0.1, 0.15) is 12.4 Å². The molecule has 0 aromatic heterocycles. The van der Waals surface area contributed by atoms with Crippen LogP contribution in [0.1, 0.15) is 21.5 Å². The maximum absolute atomic E-state index is 11.6. The summed E-state index contributed by atoms with van der Waals surface area (Å²) >= 11 is 7.04. The van der Waals surface area contributed by atoms with Crippen LogP contribution in [-0.4, -0.2) is 22.2 Å². The Hall–Kier alpha value is -2.77. The van der Waals surface area contributed by atoms with Crippen LogP contribution in [-0.2, 0) is 11.4 Å². The largest absolute Gasteiger partial charge is 0.487 e. The average molecular weight is 390 g/mol. The number of ether oxygens (including phenoxy) is 1. The van der Waals surface area contributed by atoms with Crippen molar-refractivity contribution in [3.8, 4) is 5.75 Å². The fourth-order valence-corrected chi connectivity index (χ4v) is 3.13. The normalized spacial score (nSPS) is 15.2. The van der Waals surface area contributed by atoms with Gasteiger partial charge in [0, 0.05) is 0 Å². The third kappa shape index (κ3) is 4.25. The number of carbonyl (C=O) groups is 3. The van der Waals surface area contributed by atoms with Crippen LogP contribution in [0.4, 0.5) is 4.79 Å². The van der Waals surface area contributed by atoms with Gasteiger partial charge < -0.3 is 9.84 Å². The summed E-state index contributed by atoms with van der Waals surface area (Å²) in [5, 5.41) is 11.0. The molecule has 0 spiro atoms. The lowest BCUT2D eigenvalue weighted by molar-refractivity contribution is -0.115. The number of hydrogen-bond acceptors (Lipinski definition) is 5. The number of imide groups is 1. The average Bonchev–Trinajstić information content (AvgIpc) is 2.91. The predicted octanol–water partition coefficient (Wildman–Crippen LogP) is 3.94. The van der Waals surface area contributed by atoms with Crippen LogP contribution in [0.3, 0.4) is 0 Å². The zero-order valence-corrected chi connectivity index (χ0v) is 14.8. The van der Waals surface area contributed by atoms with Crippen LogP contribution in [0.15, 0.2) is 47.4 Å². The number of benzene rings is 2. The lowest BCUT2D eigenvalue weighted by Gasteiger charge is -2.09. The van der Waals surface area contributed by atoms with Gasteiger partial charge in [-0.25, -0.2) is 4.79 Å². The lowest BCUT2D eigenvalue weighted by atomic mass is 10.1. The maximum Gasteiger partial charge on any atom is 0.335 e. The van der Waals surface area contributed by atoms with Gasteiger partial charge in [-0.1, -0.05) is 29.8 Å². The number of thioether (sulfide) groups is 1. The smallest absolute Gasteiger partial charge is 0.335 e. The zero-order chi connectivity index (χ0) is 18.7. The molecule has 1 fully saturated rings. The first-order valence-electron chi connectivity index (χ1n) is 7.42. The molecule has 8 heteroatoms. The number of carbonyl (C=O) groups excluding carboxylic acids is 2. The first kappa shape index (κ1) is 18.0. The summed E-state index contributed by atoms with van der Waals surface area (Å²) in [7, 11) is 0.